The maximum atomic E-state index is 2.43. The normalized spacial score (nSPS) is 11.3. The maximum absolute atomic E-state index is 2.43. The fraction of sp³-hybridized carbons (Fsp3) is 0. The third kappa shape index (κ3) is 5.44. The Morgan fingerprint density at radius 2 is 0.907 bits per heavy atom. The van der Waals surface area contributed by atoms with Crippen LogP contribution in [-0.4, -0.2) is 4.57 Å². The highest BCUT2D eigenvalue weighted by Gasteiger charge is 2.22. The highest BCUT2D eigenvalue weighted by molar-refractivity contribution is 6.18. The first kappa shape index (κ1) is 31.6. The van der Waals surface area contributed by atoms with Crippen molar-refractivity contribution in [1.29, 1.82) is 0 Å². The number of para-hydroxylation sites is 2. The third-order valence-electron chi connectivity index (χ3n) is 10.6. The third-order valence-corrected chi connectivity index (χ3v) is 10.6. The van der Waals surface area contributed by atoms with E-state index < -0.39 is 0 Å². The van der Waals surface area contributed by atoms with E-state index in [0.29, 0.717) is 0 Å². The molecule has 54 heavy (non-hydrogen) atoms. The molecular weight excluding hydrogens is 653 g/mol. The van der Waals surface area contributed by atoms with E-state index in [4.69, 9.17) is 0 Å². The van der Waals surface area contributed by atoms with E-state index >= 15 is 0 Å². The molecule has 0 atom stereocenters. The molecule has 0 unspecified atom stereocenters. The van der Waals surface area contributed by atoms with E-state index in [9.17, 15) is 0 Å². The van der Waals surface area contributed by atoms with Gasteiger partial charge in [0, 0.05) is 33.4 Å². The molecule has 0 amide bonds. The molecule has 0 radical (unpaired) electrons. The summed E-state index contributed by atoms with van der Waals surface area (Å²) in [5, 5.41) is 4.97. The van der Waals surface area contributed by atoms with Gasteiger partial charge >= 0.3 is 0 Å². The molecule has 10 rings (SSSR count). The Hall–Kier alpha value is -7.16. The SMILES string of the molecule is c1ccc(-c2ccc(N(c3ccc4c5c(-c6cccc7ccccc67)cccc5n(-c5ccccc5)c4c3)c3ccccc3-c3ccccc3)cc2)cc1. The highest BCUT2D eigenvalue weighted by Crippen LogP contribution is 2.45. The van der Waals surface area contributed by atoms with Crippen molar-refractivity contribution >= 4 is 49.6 Å². The second-order valence-corrected chi connectivity index (χ2v) is 13.7. The van der Waals surface area contributed by atoms with Gasteiger partial charge in [-0.3, -0.25) is 0 Å². The van der Waals surface area contributed by atoms with Crippen molar-refractivity contribution in [2.24, 2.45) is 0 Å². The zero-order valence-corrected chi connectivity index (χ0v) is 29.7. The van der Waals surface area contributed by atoms with Crippen LogP contribution in [0.4, 0.5) is 17.1 Å². The number of aromatic nitrogens is 1. The largest absolute Gasteiger partial charge is 0.310 e. The van der Waals surface area contributed by atoms with Crippen LogP contribution in [0.15, 0.2) is 218 Å². The van der Waals surface area contributed by atoms with Crippen molar-refractivity contribution in [3.8, 4) is 39.1 Å². The van der Waals surface area contributed by atoms with Crippen molar-refractivity contribution in [3.05, 3.63) is 218 Å². The molecule has 2 nitrogen and oxygen atoms in total. The molecule has 0 aliphatic heterocycles. The van der Waals surface area contributed by atoms with Crippen LogP contribution >= 0.6 is 0 Å². The summed E-state index contributed by atoms with van der Waals surface area (Å²) in [4.78, 5) is 2.41. The van der Waals surface area contributed by atoms with Gasteiger partial charge in [0.1, 0.15) is 0 Å². The van der Waals surface area contributed by atoms with Crippen LogP contribution in [-0.2, 0) is 0 Å². The zero-order chi connectivity index (χ0) is 35.8. The number of hydrogen-bond donors (Lipinski definition) is 0. The van der Waals surface area contributed by atoms with Gasteiger partial charge in [0.05, 0.1) is 16.7 Å². The monoisotopic (exact) mass is 688 g/mol. The molecule has 9 aromatic carbocycles. The quantitative estimate of drug-likeness (QED) is 0.162. The van der Waals surface area contributed by atoms with E-state index in [1.807, 2.05) is 0 Å². The maximum Gasteiger partial charge on any atom is 0.0562 e. The average Bonchev–Trinajstić information content (AvgIpc) is 3.59. The predicted octanol–water partition coefficient (Wildman–Crippen LogP) is 14.4. The Kier molecular flexibility index (Phi) is 7.85. The molecular formula is C52H36N2. The average molecular weight is 689 g/mol. The van der Waals surface area contributed by atoms with Crippen LogP contribution in [0.25, 0.3) is 71.6 Å². The Balaban J connectivity index is 1.24. The topological polar surface area (TPSA) is 8.17 Å². The highest BCUT2D eigenvalue weighted by atomic mass is 15.1. The lowest BCUT2D eigenvalue weighted by Crippen LogP contribution is -2.11. The van der Waals surface area contributed by atoms with Gasteiger partial charge in [0.25, 0.3) is 0 Å². The van der Waals surface area contributed by atoms with Gasteiger partial charge in [-0.15, -0.1) is 0 Å². The first-order valence-corrected chi connectivity index (χ1v) is 18.5. The van der Waals surface area contributed by atoms with Crippen molar-refractivity contribution in [2.45, 2.75) is 0 Å². The second-order valence-electron chi connectivity index (χ2n) is 13.7. The number of rotatable bonds is 7. The lowest BCUT2D eigenvalue weighted by Gasteiger charge is -2.28. The van der Waals surface area contributed by atoms with Crippen molar-refractivity contribution in [1.82, 2.24) is 4.57 Å². The molecule has 1 heterocycles. The molecule has 0 N–H and O–H groups in total. The van der Waals surface area contributed by atoms with Crippen LogP contribution in [0.2, 0.25) is 0 Å². The Bertz CT molecular complexity index is 2900. The first-order valence-electron chi connectivity index (χ1n) is 18.5. The summed E-state index contributed by atoms with van der Waals surface area (Å²) in [6.45, 7) is 0. The Morgan fingerprint density at radius 1 is 0.333 bits per heavy atom. The van der Waals surface area contributed by atoms with E-state index in [2.05, 4.69) is 228 Å². The number of hydrogen-bond acceptors (Lipinski definition) is 1. The number of nitrogens with zero attached hydrogens (tertiary/aromatic N) is 2. The summed E-state index contributed by atoms with van der Waals surface area (Å²) in [7, 11) is 0. The van der Waals surface area contributed by atoms with Gasteiger partial charge in [-0.25, -0.2) is 0 Å². The van der Waals surface area contributed by atoms with Crippen molar-refractivity contribution in [3.63, 3.8) is 0 Å². The summed E-state index contributed by atoms with van der Waals surface area (Å²) in [6.07, 6.45) is 0. The van der Waals surface area contributed by atoms with Gasteiger partial charge in [-0.05, 0) is 87.1 Å². The van der Waals surface area contributed by atoms with Crippen molar-refractivity contribution in [2.75, 3.05) is 4.90 Å². The van der Waals surface area contributed by atoms with Gasteiger partial charge in [-0.2, -0.15) is 0 Å². The molecule has 0 saturated heterocycles. The van der Waals surface area contributed by atoms with Crippen LogP contribution in [0.3, 0.4) is 0 Å². The van der Waals surface area contributed by atoms with Gasteiger partial charge in [0.15, 0.2) is 0 Å². The summed E-state index contributed by atoms with van der Waals surface area (Å²) in [5.74, 6) is 0. The van der Waals surface area contributed by atoms with E-state index in [0.717, 1.165) is 28.3 Å². The molecule has 0 bridgehead atoms. The number of anilines is 3. The van der Waals surface area contributed by atoms with Crippen LogP contribution in [0.1, 0.15) is 0 Å². The van der Waals surface area contributed by atoms with Crippen molar-refractivity contribution < 1.29 is 0 Å². The number of benzene rings is 9. The minimum Gasteiger partial charge on any atom is -0.310 e. The summed E-state index contributed by atoms with van der Waals surface area (Å²) in [5.41, 5.74) is 14.0. The molecule has 0 aliphatic carbocycles. The molecule has 254 valence electrons. The summed E-state index contributed by atoms with van der Waals surface area (Å²) >= 11 is 0. The van der Waals surface area contributed by atoms with Crippen LogP contribution in [0, 0.1) is 0 Å². The fourth-order valence-electron chi connectivity index (χ4n) is 8.13. The van der Waals surface area contributed by atoms with Gasteiger partial charge in [-0.1, -0.05) is 170 Å². The Morgan fingerprint density at radius 3 is 1.70 bits per heavy atom. The second kappa shape index (κ2) is 13.4. The van der Waals surface area contributed by atoms with E-state index in [1.54, 1.807) is 0 Å². The minimum absolute atomic E-state index is 1.09. The predicted molar refractivity (Wildman–Crippen MR) is 229 cm³/mol. The molecule has 0 fully saturated rings. The van der Waals surface area contributed by atoms with Gasteiger partial charge in [0.2, 0.25) is 0 Å². The molecule has 0 saturated carbocycles. The molecule has 10 aromatic rings. The standard InChI is InChI=1S/C52H36N2/c1-4-16-37(17-5-1)38-30-32-42(33-31-38)53(49-28-13-12-25-45(49)40-18-6-2-7-19-40)43-34-35-48-51(36-43)54(41-22-8-3-9-23-41)50-29-15-27-47(52(48)50)46-26-14-21-39-20-10-11-24-44(39)46/h1-36H. The van der Waals surface area contributed by atoms with E-state index in [-0.39, 0.29) is 0 Å². The first-order chi connectivity index (χ1) is 26.8. The summed E-state index contributed by atoms with van der Waals surface area (Å²) in [6, 6.07) is 78.9. The molecule has 0 aliphatic rings. The zero-order valence-electron chi connectivity index (χ0n) is 29.7. The van der Waals surface area contributed by atoms with Crippen LogP contribution < -0.4 is 4.90 Å². The Labute approximate surface area is 315 Å². The van der Waals surface area contributed by atoms with E-state index in [1.165, 1.54) is 60.4 Å². The number of fused-ring (bicyclic) bond motifs is 4. The lowest BCUT2D eigenvalue weighted by atomic mass is 9.94. The lowest BCUT2D eigenvalue weighted by molar-refractivity contribution is 1.18. The minimum atomic E-state index is 1.09. The molecule has 2 heteroatoms. The van der Waals surface area contributed by atoms with Gasteiger partial charge < -0.3 is 9.47 Å². The fourth-order valence-corrected chi connectivity index (χ4v) is 8.13. The summed E-state index contributed by atoms with van der Waals surface area (Å²) < 4.78 is 2.43. The molecule has 1 aromatic heterocycles. The smallest absolute Gasteiger partial charge is 0.0562 e. The van der Waals surface area contributed by atoms with Crippen LogP contribution in [0.5, 0.6) is 0 Å². The molecule has 0 spiro atoms.